The van der Waals surface area contributed by atoms with E-state index in [9.17, 15) is 24.0 Å². The van der Waals surface area contributed by atoms with Crippen LogP contribution in [0, 0.1) is 6.92 Å². The normalized spacial score (nSPS) is 13.8. The number of likely N-dealkylation sites (N-methyl/N-ethyl adjacent to an activating group) is 1. The Morgan fingerprint density at radius 1 is 1.16 bits per heavy atom. The lowest BCUT2D eigenvalue weighted by Crippen LogP contribution is -2.37. The molecule has 38 heavy (non-hydrogen) atoms. The maximum atomic E-state index is 12.0. The first-order chi connectivity index (χ1) is 18.2. The third kappa shape index (κ3) is 17.4. The number of aryl methyl sites for hydroxylation is 1. The Morgan fingerprint density at radius 2 is 1.92 bits per heavy atom. The second kappa shape index (κ2) is 19.1. The van der Waals surface area contributed by atoms with Crippen LogP contribution in [-0.2, 0) is 28.7 Å². The van der Waals surface area contributed by atoms with Crippen molar-refractivity contribution in [2.45, 2.75) is 51.2 Å². The first kappa shape index (κ1) is 33.0. The van der Waals surface area contributed by atoms with E-state index in [0.717, 1.165) is 18.6 Å². The highest BCUT2D eigenvalue weighted by Gasteiger charge is 2.38. The molecule has 1 aliphatic carbocycles. The molecule has 4 amide bonds. The number of esters is 1. The van der Waals surface area contributed by atoms with Crippen LogP contribution in [0.1, 0.15) is 38.2 Å². The van der Waals surface area contributed by atoms with E-state index in [1.807, 2.05) is 32.2 Å². The Hall–Kier alpha value is -3.06. The maximum Gasteiger partial charge on any atom is 0.326 e. The fraction of sp³-hybridized carbons (Fsp3) is 0.520. The lowest BCUT2D eigenvalue weighted by molar-refractivity contribution is -0.147. The number of hydrogen-bond acceptors (Lipinski definition) is 9. The van der Waals surface area contributed by atoms with E-state index in [1.165, 1.54) is 23.4 Å². The number of aromatic nitrogens is 1. The number of allylic oxidation sites excluding steroid dienone is 1. The van der Waals surface area contributed by atoms with Gasteiger partial charge in [-0.05, 0) is 50.8 Å². The number of nitrogens with zero attached hydrogens (tertiary/aromatic N) is 1. The highest BCUT2D eigenvalue weighted by molar-refractivity contribution is 8.76. The molecule has 1 fully saturated rings. The smallest absolute Gasteiger partial charge is 0.326 e. The lowest BCUT2D eigenvalue weighted by atomic mass is 10.2. The van der Waals surface area contributed by atoms with Crippen LogP contribution in [0.2, 0.25) is 0 Å². The van der Waals surface area contributed by atoms with Crippen LogP contribution in [-0.4, -0.2) is 78.4 Å². The molecule has 11 nitrogen and oxygen atoms in total. The average molecular weight is 568 g/mol. The van der Waals surface area contributed by atoms with Gasteiger partial charge >= 0.3 is 5.97 Å². The van der Waals surface area contributed by atoms with Crippen LogP contribution in [0.5, 0.6) is 0 Å². The maximum absolute atomic E-state index is 12.0. The Bertz CT molecular complexity index is 928. The molecule has 1 aliphatic rings. The zero-order valence-electron chi connectivity index (χ0n) is 22.0. The summed E-state index contributed by atoms with van der Waals surface area (Å²) in [5, 5.41) is 10.0. The van der Waals surface area contributed by atoms with Crippen molar-refractivity contribution >= 4 is 51.7 Å². The second-order valence-electron chi connectivity index (χ2n) is 8.62. The zero-order valence-corrected chi connectivity index (χ0v) is 23.6. The minimum Gasteiger partial charge on any atom is -0.456 e. The molecular weight excluding hydrogens is 530 g/mol. The van der Waals surface area contributed by atoms with Gasteiger partial charge in [-0.2, -0.15) is 0 Å². The fourth-order valence-corrected chi connectivity index (χ4v) is 4.48. The monoisotopic (exact) mass is 567 g/mol. The van der Waals surface area contributed by atoms with Gasteiger partial charge in [0.1, 0.15) is 12.6 Å². The Morgan fingerprint density at radius 3 is 2.50 bits per heavy atom. The number of pyridine rings is 1. The van der Waals surface area contributed by atoms with Gasteiger partial charge in [-0.1, -0.05) is 33.7 Å². The van der Waals surface area contributed by atoms with Crippen molar-refractivity contribution in [3.05, 3.63) is 42.2 Å². The highest BCUT2D eigenvalue weighted by Crippen LogP contribution is 2.34. The molecule has 1 aromatic heterocycles. The van der Waals surface area contributed by atoms with Gasteiger partial charge in [-0.15, -0.1) is 0 Å². The molecule has 0 aromatic carbocycles. The summed E-state index contributed by atoms with van der Waals surface area (Å²) in [6.07, 6.45) is 9.10. The number of carbonyl (C=O) groups is 5. The van der Waals surface area contributed by atoms with Crippen molar-refractivity contribution in [3.63, 3.8) is 0 Å². The molecule has 0 bridgehead atoms. The Labute approximate surface area is 231 Å². The molecular formula is C25H37N5O6S2. The summed E-state index contributed by atoms with van der Waals surface area (Å²) >= 11 is 0. The molecule has 1 heterocycles. The van der Waals surface area contributed by atoms with Gasteiger partial charge in [0.2, 0.25) is 24.1 Å². The van der Waals surface area contributed by atoms with Crippen molar-refractivity contribution in [2.75, 3.05) is 31.6 Å². The van der Waals surface area contributed by atoms with Gasteiger partial charge in [-0.25, -0.2) is 0 Å². The van der Waals surface area contributed by atoms with E-state index >= 15 is 0 Å². The predicted molar refractivity (Wildman–Crippen MR) is 149 cm³/mol. The molecule has 0 saturated heterocycles. The van der Waals surface area contributed by atoms with E-state index in [4.69, 9.17) is 4.74 Å². The summed E-state index contributed by atoms with van der Waals surface area (Å²) in [7, 11) is 4.49. The van der Waals surface area contributed by atoms with Gasteiger partial charge < -0.3 is 26.0 Å². The summed E-state index contributed by atoms with van der Waals surface area (Å²) in [5.41, 5.74) is 1.20. The van der Waals surface area contributed by atoms with Gasteiger partial charge in [0.25, 0.3) is 0 Å². The minimum atomic E-state index is -0.826. The number of hydrogen-bond donors (Lipinski definition) is 4. The molecule has 0 aliphatic heterocycles. The molecule has 1 unspecified atom stereocenters. The largest absolute Gasteiger partial charge is 0.456 e. The van der Waals surface area contributed by atoms with Gasteiger partial charge in [0.05, 0.1) is 18.7 Å². The summed E-state index contributed by atoms with van der Waals surface area (Å²) < 4.78 is 5.19. The van der Waals surface area contributed by atoms with Crippen molar-refractivity contribution in [2.24, 2.45) is 0 Å². The molecule has 0 spiro atoms. The molecule has 1 aromatic rings. The Kier molecular flexibility index (Phi) is 16.5. The summed E-state index contributed by atoms with van der Waals surface area (Å²) in [6, 6.07) is 3.95. The van der Waals surface area contributed by atoms with E-state index in [2.05, 4.69) is 26.3 Å². The molecule has 1 atom stereocenters. The van der Waals surface area contributed by atoms with E-state index in [1.54, 1.807) is 29.1 Å². The molecule has 210 valence electrons. The summed E-state index contributed by atoms with van der Waals surface area (Å²) in [4.78, 5) is 60.9. The quantitative estimate of drug-likeness (QED) is 0.0760. The number of carbonyl (C=O) groups excluding carboxylic acids is 5. The third-order valence-electron chi connectivity index (χ3n) is 4.97. The van der Waals surface area contributed by atoms with Crippen LogP contribution >= 0.6 is 21.6 Å². The zero-order chi connectivity index (χ0) is 28.2. The van der Waals surface area contributed by atoms with Gasteiger partial charge in [0, 0.05) is 30.7 Å². The average Bonchev–Trinajstić information content (AvgIpc) is 3.62. The minimum absolute atomic E-state index is 0.00856. The van der Waals surface area contributed by atoms with Crippen molar-refractivity contribution in [3.8, 4) is 0 Å². The molecule has 0 radical (unpaired) electrons. The molecule has 1 saturated carbocycles. The van der Waals surface area contributed by atoms with Gasteiger partial charge in [-0.3, -0.25) is 29.0 Å². The Balaban J connectivity index is 0.000000884. The SMILES string of the molecule is CNC(=O)CNC(=O)CC(/C=C/CCSSCC(=O)NC1(C)CC1)OC(=O)CNC=O.Cc1cccnc1. The van der Waals surface area contributed by atoms with Crippen LogP contribution in [0.4, 0.5) is 0 Å². The number of nitrogens with one attached hydrogen (secondary N) is 4. The van der Waals surface area contributed by atoms with Crippen molar-refractivity contribution in [1.29, 1.82) is 0 Å². The molecule has 4 N–H and O–H groups in total. The van der Waals surface area contributed by atoms with E-state index in [-0.39, 0.29) is 36.9 Å². The highest BCUT2D eigenvalue weighted by atomic mass is 33.1. The van der Waals surface area contributed by atoms with Gasteiger partial charge in [0.15, 0.2) is 0 Å². The topological polar surface area (TPSA) is 156 Å². The van der Waals surface area contributed by atoms with Crippen LogP contribution in [0.25, 0.3) is 0 Å². The van der Waals surface area contributed by atoms with Crippen LogP contribution in [0.3, 0.4) is 0 Å². The van der Waals surface area contributed by atoms with E-state index in [0.29, 0.717) is 18.6 Å². The fourth-order valence-electron chi connectivity index (χ4n) is 2.66. The number of amides is 4. The van der Waals surface area contributed by atoms with E-state index < -0.39 is 18.0 Å². The lowest BCUT2D eigenvalue weighted by Gasteiger charge is -2.14. The summed E-state index contributed by atoms with van der Waals surface area (Å²) in [6.45, 7) is 3.58. The third-order valence-corrected chi connectivity index (χ3v) is 7.27. The molecule has 2 rings (SSSR count). The van der Waals surface area contributed by atoms with Crippen LogP contribution in [0.15, 0.2) is 36.7 Å². The first-order valence-corrected chi connectivity index (χ1v) is 14.6. The number of ether oxygens (including phenoxy) is 1. The van der Waals surface area contributed by atoms with Crippen molar-refractivity contribution < 1.29 is 28.7 Å². The molecule has 13 heteroatoms. The number of rotatable bonds is 16. The second-order valence-corrected chi connectivity index (χ2v) is 11.2. The summed E-state index contributed by atoms with van der Waals surface area (Å²) in [5.74, 6) is -0.314. The standard InChI is InChI=1S/C19H30N4O6S2.C6H7N/c1-19(6-7-19)23-17(27)12-31-30-8-4-3-5-14(29-18(28)11-21-13-24)9-15(25)22-10-16(26)20-2;1-6-3-2-4-7-5-6/h3,5,13-14H,4,6-12H2,1-2H3,(H,20,26)(H,21,24)(H,22,25)(H,23,27);2-5H,1H3/b5-3+;. The first-order valence-electron chi connectivity index (χ1n) is 12.1. The van der Waals surface area contributed by atoms with Crippen LogP contribution < -0.4 is 21.3 Å². The predicted octanol–water partition coefficient (Wildman–Crippen LogP) is 1.28. The van der Waals surface area contributed by atoms with Crippen molar-refractivity contribution in [1.82, 2.24) is 26.3 Å².